The van der Waals surface area contributed by atoms with Gasteiger partial charge in [-0.1, -0.05) is 12.1 Å². The molecule has 1 rings (SSSR count). The molecule has 6 heteroatoms. The number of carbonyl (C=O) groups is 1. The molecule has 0 amide bonds. The number of alkyl halides is 3. The molecule has 0 aliphatic rings. The molecule has 0 aliphatic heterocycles. The molecule has 3 nitrogen and oxygen atoms in total. The van der Waals surface area contributed by atoms with Crippen LogP contribution in [-0.2, 0) is 15.7 Å². The van der Waals surface area contributed by atoms with E-state index in [2.05, 4.69) is 4.74 Å². The van der Waals surface area contributed by atoms with E-state index in [0.29, 0.717) is 0 Å². The van der Waals surface area contributed by atoms with Gasteiger partial charge in [-0.05, 0) is 17.7 Å². The maximum Gasteiger partial charge on any atom is 0.416 e. The minimum Gasteiger partial charge on any atom is -0.469 e. The van der Waals surface area contributed by atoms with Crippen LogP contribution in [-0.4, -0.2) is 13.1 Å². The third-order valence-corrected chi connectivity index (χ3v) is 2.26. The lowest BCUT2D eigenvalue weighted by Crippen LogP contribution is -2.17. The average Bonchev–Trinajstić information content (AvgIpc) is 2.28. The van der Waals surface area contributed by atoms with Crippen LogP contribution in [0.5, 0.6) is 0 Å². The van der Waals surface area contributed by atoms with Gasteiger partial charge in [-0.15, -0.1) is 0 Å². The van der Waals surface area contributed by atoms with Crippen LogP contribution in [0.25, 0.3) is 0 Å². The lowest BCUT2D eigenvalue weighted by Gasteiger charge is -2.13. The van der Waals surface area contributed by atoms with E-state index in [4.69, 9.17) is 5.73 Å². The third-order valence-electron chi connectivity index (χ3n) is 2.26. The summed E-state index contributed by atoms with van der Waals surface area (Å²) in [5.74, 6) is -0.560. The zero-order valence-corrected chi connectivity index (χ0v) is 9.12. The molecule has 0 spiro atoms. The summed E-state index contributed by atoms with van der Waals surface area (Å²) in [6.07, 6.45) is -4.57. The Morgan fingerprint density at radius 1 is 1.47 bits per heavy atom. The van der Waals surface area contributed by atoms with Crippen molar-refractivity contribution in [2.45, 2.75) is 18.6 Å². The molecule has 0 unspecified atom stereocenters. The maximum absolute atomic E-state index is 12.4. The fourth-order valence-electron chi connectivity index (χ4n) is 1.33. The van der Waals surface area contributed by atoms with Gasteiger partial charge in [0.2, 0.25) is 0 Å². The molecule has 0 heterocycles. The number of hydrogen-bond donors (Lipinski definition) is 1. The number of carbonyl (C=O) groups excluding carboxylic acids is 1. The number of ether oxygens (including phenoxy) is 1. The lowest BCUT2D eigenvalue weighted by atomic mass is 10.0. The Morgan fingerprint density at radius 2 is 2.12 bits per heavy atom. The average molecular weight is 247 g/mol. The fraction of sp³-hybridized carbons (Fsp3) is 0.364. The normalized spacial score (nSPS) is 13.2. The molecule has 17 heavy (non-hydrogen) atoms. The van der Waals surface area contributed by atoms with Gasteiger partial charge in [0.05, 0.1) is 19.1 Å². The second kappa shape index (κ2) is 5.18. The molecule has 0 bridgehead atoms. The Hall–Kier alpha value is -1.56. The van der Waals surface area contributed by atoms with Crippen LogP contribution in [0.15, 0.2) is 24.3 Å². The molecule has 0 radical (unpaired) electrons. The van der Waals surface area contributed by atoms with E-state index >= 15 is 0 Å². The van der Waals surface area contributed by atoms with Gasteiger partial charge >= 0.3 is 12.1 Å². The van der Waals surface area contributed by atoms with Crippen molar-refractivity contribution in [1.82, 2.24) is 0 Å². The van der Waals surface area contributed by atoms with E-state index in [1.165, 1.54) is 19.2 Å². The van der Waals surface area contributed by atoms with Gasteiger partial charge in [-0.3, -0.25) is 4.79 Å². The number of methoxy groups -OCH3 is 1. The first-order chi connectivity index (χ1) is 7.84. The lowest BCUT2D eigenvalue weighted by molar-refractivity contribution is -0.141. The topological polar surface area (TPSA) is 52.3 Å². The minimum atomic E-state index is -4.42. The number of halogens is 3. The van der Waals surface area contributed by atoms with Crippen LogP contribution in [0.4, 0.5) is 13.2 Å². The van der Waals surface area contributed by atoms with Crippen molar-refractivity contribution in [1.29, 1.82) is 0 Å². The van der Waals surface area contributed by atoms with Gasteiger partial charge in [0.15, 0.2) is 0 Å². The van der Waals surface area contributed by atoms with Crippen molar-refractivity contribution in [2.24, 2.45) is 5.73 Å². The van der Waals surface area contributed by atoms with Gasteiger partial charge in [0.1, 0.15) is 0 Å². The van der Waals surface area contributed by atoms with Gasteiger partial charge in [-0.25, -0.2) is 0 Å². The first kappa shape index (κ1) is 13.5. The predicted octanol–water partition coefficient (Wildman–Crippen LogP) is 2.27. The van der Waals surface area contributed by atoms with E-state index in [1.54, 1.807) is 0 Å². The van der Waals surface area contributed by atoms with Crippen LogP contribution in [0.1, 0.15) is 23.6 Å². The van der Waals surface area contributed by atoms with Gasteiger partial charge < -0.3 is 10.5 Å². The number of rotatable bonds is 3. The molecule has 1 atom stereocenters. The highest BCUT2D eigenvalue weighted by molar-refractivity contribution is 5.70. The summed E-state index contributed by atoms with van der Waals surface area (Å²) in [6.45, 7) is 0. The number of esters is 1. The summed E-state index contributed by atoms with van der Waals surface area (Å²) in [4.78, 5) is 11.0. The van der Waals surface area contributed by atoms with Crippen molar-refractivity contribution in [2.75, 3.05) is 7.11 Å². The number of nitrogens with two attached hydrogens (primary N) is 1. The molecule has 0 saturated heterocycles. The fourth-order valence-corrected chi connectivity index (χ4v) is 1.33. The first-order valence-corrected chi connectivity index (χ1v) is 4.84. The molecular formula is C11H12F3NO2. The first-order valence-electron chi connectivity index (χ1n) is 4.84. The molecule has 0 aliphatic carbocycles. The SMILES string of the molecule is COC(=O)C[C@@H](N)c1cccc(C(F)(F)F)c1. The number of benzene rings is 1. The molecule has 1 aromatic carbocycles. The third kappa shape index (κ3) is 3.74. The summed E-state index contributed by atoms with van der Waals surface area (Å²) >= 11 is 0. The van der Waals surface area contributed by atoms with Gasteiger partial charge in [0.25, 0.3) is 0 Å². The van der Waals surface area contributed by atoms with Crippen LogP contribution < -0.4 is 5.73 Å². The van der Waals surface area contributed by atoms with Gasteiger partial charge in [0, 0.05) is 6.04 Å². The van der Waals surface area contributed by atoms with Crippen LogP contribution in [0, 0.1) is 0 Å². The molecule has 94 valence electrons. The van der Waals surface area contributed by atoms with Crippen molar-refractivity contribution in [3.8, 4) is 0 Å². The van der Waals surface area contributed by atoms with Gasteiger partial charge in [-0.2, -0.15) is 13.2 Å². The summed E-state index contributed by atoms with van der Waals surface area (Å²) < 4.78 is 41.7. The quantitative estimate of drug-likeness (QED) is 0.833. The highest BCUT2D eigenvalue weighted by atomic mass is 19.4. The summed E-state index contributed by atoms with van der Waals surface area (Å²) in [5.41, 5.74) is 5.09. The molecule has 1 aromatic rings. The summed E-state index contributed by atoms with van der Waals surface area (Å²) in [5, 5.41) is 0. The molecule has 0 saturated carbocycles. The highest BCUT2D eigenvalue weighted by Crippen LogP contribution is 2.30. The van der Waals surface area contributed by atoms with Crippen molar-refractivity contribution in [3.05, 3.63) is 35.4 Å². The second-order valence-corrected chi connectivity index (χ2v) is 3.51. The summed E-state index contributed by atoms with van der Waals surface area (Å²) in [6, 6.07) is 3.80. The molecular weight excluding hydrogens is 235 g/mol. The van der Waals surface area contributed by atoms with Crippen LogP contribution in [0.3, 0.4) is 0 Å². The van der Waals surface area contributed by atoms with Crippen molar-refractivity contribution >= 4 is 5.97 Å². The smallest absolute Gasteiger partial charge is 0.416 e. The Balaban J connectivity index is 2.88. The second-order valence-electron chi connectivity index (χ2n) is 3.51. The Kier molecular flexibility index (Phi) is 4.11. The zero-order valence-electron chi connectivity index (χ0n) is 9.12. The predicted molar refractivity (Wildman–Crippen MR) is 55.0 cm³/mol. The largest absolute Gasteiger partial charge is 0.469 e. The monoisotopic (exact) mass is 247 g/mol. The highest BCUT2D eigenvalue weighted by Gasteiger charge is 2.30. The van der Waals surface area contributed by atoms with E-state index in [-0.39, 0.29) is 12.0 Å². The maximum atomic E-state index is 12.4. The zero-order chi connectivity index (χ0) is 13.1. The Morgan fingerprint density at radius 3 is 2.65 bits per heavy atom. The standard InChI is InChI=1S/C11H12F3NO2/c1-17-10(16)6-9(15)7-3-2-4-8(5-7)11(12,13)14/h2-5,9H,6,15H2,1H3/t9-/m1/s1. The molecule has 0 aromatic heterocycles. The van der Waals surface area contributed by atoms with Crippen molar-refractivity contribution in [3.63, 3.8) is 0 Å². The van der Waals surface area contributed by atoms with Crippen molar-refractivity contribution < 1.29 is 22.7 Å². The molecule has 0 fully saturated rings. The Labute approximate surface area is 96.4 Å². The van der Waals surface area contributed by atoms with E-state index in [0.717, 1.165) is 12.1 Å². The van der Waals surface area contributed by atoms with E-state index < -0.39 is 23.8 Å². The van der Waals surface area contributed by atoms with Crippen LogP contribution in [0.2, 0.25) is 0 Å². The van der Waals surface area contributed by atoms with Crippen LogP contribution >= 0.6 is 0 Å². The Bertz CT molecular complexity index is 404. The minimum absolute atomic E-state index is 0.155. The van der Waals surface area contributed by atoms with E-state index in [9.17, 15) is 18.0 Å². The number of hydrogen-bond acceptors (Lipinski definition) is 3. The van der Waals surface area contributed by atoms with E-state index in [1.807, 2.05) is 0 Å². The summed E-state index contributed by atoms with van der Waals surface area (Å²) in [7, 11) is 1.20. The molecule has 2 N–H and O–H groups in total.